The van der Waals surface area contributed by atoms with Crippen LogP contribution in [0, 0.1) is 6.92 Å². The molecule has 0 saturated carbocycles. The van der Waals surface area contributed by atoms with Crippen LogP contribution in [0.3, 0.4) is 0 Å². The number of nitrogens with zero attached hydrogens (tertiary/aromatic N) is 1. The number of carbonyl (C=O) groups is 2. The summed E-state index contributed by atoms with van der Waals surface area (Å²) in [6.45, 7) is 3.96. The van der Waals surface area contributed by atoms with Crippen LogP contribution in [0.2, 0.25) is 5.02 Å². The van der Waals surface area contributed by atoms with Gasteiger partial charge in [0.2, 0.25) is 5.91 Å². The summed E-state index contributed by atoms with van der Waals surface area (Å²) in [6, 6.07) is 2.83. The van der Waals surface area contributed by atoms with Gasteiger partial charge in [-0.05, 0) is 57.0 Å². The first-order valence-corrected chi connectivity index (χ1v) is 9.02. The number of hydrogen-bond acceptors (Lipinski definition) is 4. The summed E-state index contributed by atoms with van der Waals surface area (Å²) in [7, 11) is 0. The van der Waals surface area contributed by atoms with E-state index in [-0.39, 0.29) is 25.0 Å². The summed E-state index contributed by atoms with van der Waals surface area (Å²) in [5.74, 6) is -0.386. The molecule has 2 aliphatic heterocycles. The summed E-state index contributed by atoms with van der Waals surface area (Å²) in [5, 5.41) is 13.2. The lowest BCUT2D eigenvalue weighted by atomic mass is 10.1. The Labute approximate surface area is 152 Å². The molecule has 1 atom stereocenters. The highest BCUT2D eigenvalue weighted by Crippen LogP contribution is 2.33. The zero-order valence-corrected chi connectivity index (χ0v) is 15.0. The molecule has 2 fully saturated rings. The summed E-state index contributed by atoms with van der Waals surface area (Å²) in [6.07, 6.45) is 2.56. The van der Waals surface area contributed by atoms with Crippen molar-refractivity contribution in [1.29, 1.82) is 0 Å². The van der Waals surface area contributed by atoms with Gasteiger partial charge in [-0.15, -0.1) is 0 Å². The second-order valence-electron chi connectivity index (χ2n) is 6.69. The van der Waals surface area contributed by atoms with E-state index in [1.54, 1.807) is 6.07 Å². The van der Waals surface area contributed by atoms with Crippen molar-refractivity contribution in [2.45, 2.75) is 51.3 Å². The van der Waals surface area contributed by atoms with Crippen LogP contribution in [0.4, 0.5) is 0 Å². The quantitative estimate of drug-likeness (QED) is 0.836. The maximum Gasteiger partial charge on any atom is 0.326 e. The van der Waals surface area contributed by atoms with Gasteiger partial charge in [0.1, 0.15) is 17.9 Å². The van der Waals surface area contributed by atoms with Gasteiger partial charge in [0.05, 0.1) is 6.54 Å². The van der Waals surface area contributed by atoms with Crippen molar-refractivity contribution in [3.8, 4) is 5.75 Å². The van der Waals surface area contributed by atoms with Gasteiger partial charge in [-0.25, -0.2) is 4.79 Å². The number of aryl methyl sites for hydroxylation is 1. The van der Waals surface area contributed by atoms with Gasteiger partial charge in [0, 0.05) is 17.0 Å². The SMILES string of the molecule is Cc1cc(Cl)cc(CN2C(=O)CCC2C(=O)O)c1OC1CCNCC1. The highest BCUT2D eigenvalue weighted by Gasteiger charge is 2.36. The molecule has 3 rings (SSSR count). The Kier molecular flexibility index (Phi) is 5.49. The minimum Gasteiger partial charge on any atom is -0.490 e. The number of amides is 1. The number of likely N-dealkylation sites (tertiary alicyclic amines) is 1. The first-order chi connectivity index (χ1) is 12.0. The predicted octanol–water partition coefficient (Wildman–Crippen LogP) is 2.35. The first kappa shape index (κ1) is 18.0. The Bertz CT molecular complexity index is 673. The number of ether oxygens (including phenoxy) is 1. The molecule has 1 aromatic rings. The van der Waals surface area contributed by atoms with Gasteiger partial charge in [0.25, 0.3) is 0 Å². The van der Waals surface area contributed by atoms with Crippen LogP contribution in [-0.2, 0) is 16.1 Å². The van der Waals surface area contributed by atoms with Crippen LogP contribution >= 0.6 is 11.6 Å². The van der Waals surface area contributed by atoms with E-state index in [4.69, 9.17) is 16.3 Å². The van der Waals surface area contributed by atoms with Crippen LogP contribution in [0.5, 0.6) is 5.75 Å². The number of carboxylic acid groups (broad SMARTS) is 1. The Morgan fingerprint density at radius 1 is 1.36 bits per heavy atom. The van der Waals surface area contributed by atoms with Gasteiger partial charge in [0.15, 0.2) is 0 Å². The number of rotatable bonds is 5. The van der Waals surface area contributed by atoms with Crippen LogP contribution in [0.15, 0.2) is 12.1 Å². The lowest BCUT2D eigenvalue weighted by molar-refractivity contribution is -0.146. The Morgan fingerprint density at radius 2 is 2.08 bits per heavy atom. The van der Waals surface area contributed by atoms with Gasteiger partial charge in [-0.1, -0.05) is 11.6 Å². The van der Waals surface area contributed by atoms with E-state index in [9.17, 15) is 14.7 Å². The molecule has 0 bridgehead atoms. The molecule has 6 nitrogen and oxygen atoms in total. The predicted molar refractivity (Wildman–Crippen MR) is 93.9 cm³/mol. The van der Waals surface area contributed by atoms with E-state index in [1.165, 1.54) is 4.90 Å². The largest absolute Gasteiger partial charge is 0.490 e. The smallest absolute Gasteiger partial charge is 0.326 e. The van der Waals surface area contributed by atoms with Gasteiger partial charge in [-0.2, -0.15) is 0 Å². The molecule has 7 heteroatoms. The third kappa shape index (κ3) is 4.07. The maximum absolute atomic E-state index is 12.1. The molecule has 2 heterocycles. The molecule has 1 unspecified atom stereocenters. The number of aliphatic carboxylic acids is 1. The van der Waals surface area contributed by atoms with Gasteiger partial charge in [-0.3, -0.25) is 4.79 Å². The van der Waals surface area contributed by atoms with Crippen molar-refractivity contribution in [3.63, 3.8) is 0 Å². The van der Waals surface area contributed by atoms with Crippen molar-refractivity contribution in [1.82, 2.24) is 10.2 Å². The minimum absolute atomic E-state index is 0.115. The molecule has 0 aromatic heterocycles. The maximum atomic E-state index is 12.1. The van der Waals surface area contributed by atoms with Crippen LogP contribution in [-0.4, -0.2) is 47.1 Å². The molecule has 136 valence electrons. The number of benzene rings is 1. The first-order valence-electron chi connectivity index (χ1n) is 8.64. The van der Waals surface area contributed by atoms with E-state index in [2.05, 4.69) is 5.32 Å². The Balaban J connectivity index is 1.86. The average Bonchev–Trinajstić information content (AvgIpc) is 2.93. The van der Waals surface area contributed by atoms with Crippen molar-refractivity contribution < 1.29 is 19.4 Å². The fraction of sp³-hybridized carbons (Fsp3) is 0.556. The monoisotopic (exact) mass is 366 g/mol. The zero-order chi connectivity index (χ0) is 18.0. The van der Waals surface area contributed by atoms with E-state index in [0.717, 1.165) is 42.8 Å². The highest BCUT2D eigenvalue weighted by atomic mass is 35.5. The molecule has 0 spiro atoms. The number of carbonyl (C=O) groups excluding carboxylic acids is 1. The van der Waals surface area contributed by atoms with Crippen molar-refractivity contribution in [2.75, 3.05) is 13.1 Å². The topological polar surface area (TPSA) is 78.9 Å². The molecule has 1 aromatic carbocycles. The number of carboxylic acids is 1. The molecular formula is C18H23ClN2O4. The van der Waals surface area contributed by atoms with Crippen molar-refractivity contribution in [2.24, 2.45) is 0 Å². The summed E-state index contributed by atoms with van der Waals surface area (Å²) in [5.41, 5.74) is 1.67. The normalized spacial score (nSPS) is 21.6. The van der Waals surface area contributed by atoms with Crippen molar-refractivity contribution >= 4 is 23.5 Å². The third-order valence-corrected chi connectivity index (χ3v) is 5.06. The highest BCUT2D eigenvalue weighted by molar-refractivity contribution is 6.30. The summed E-state index contributed by atoms with van der Waals surface area (Å²) >= 11 is 6.20. The molecule has 0 aliphatic carbocycles. The van der Waals surface area contributed by atoms with Crippen LogP contribution < -0.4 is 10.1 Å². The second-order valence-corrected chi connectivity index (χ2v) is 7.13. The van der Waals surface area contributed by atoms with E-state index < -0.39 is 12.0 Å². The Morgan fingerprint density at radius 3 is 2.76 bits per heavy atom. The van der Waals surface area contributed by atoms with E-state index >= 15 is 0 Å². The van der Waals surface area contributed by atoms with Gasteiger partial charge >= 0.3 is 5.97 Å². The zero-order valence-electron chi connectivity index (χ0n) is 14.3. The molecule has 1 amide bonds. The molecule has 2 N–H and O–H groups in total. The second kappa shape index (κ2) is 7.62. The fourth-order valence-corrected chi connectivity index (χ4v) is 3.83. The number of piperidine rings is 1. The molecule has 2 aliphatic rings. The Hall–Kier alpha value is -1.79. The summed E-state index contributed by atoms with van der Waals surface area (Å²) in [4.78, 5) is 25.0. The molecule has 2 saturated heterocycles. The van der Waals surface area contributed by atoms with E-state index in [0.29, 0.717) is 11.4 Å². The van der Waals surface area contributed by atoms with Crippen LogP contribution in [0.25, 0.3) is 0 Å². The van der Waals surface area contributed by atoms with Crippen LogP contribution in [0.1, 0.15) is 36.8 Å². The number of halogens is 1. The third-order valence-electron chi connectivity index (χ3n) is 4.84. The van der Waals surface area contributed by atoms with E-state index in [1.807, 2.05) is 13.0 Å². The number of nitrogens with one attached hydrogen (secondary N) is 1. The van der Waals surface area contributed by atoms with Gasteiger partial charge < -0.3 is 20.1 Å². The average molecular weight is 367 g/mol. The lowest BCUT2D eigenvalue weighted by Gasteiger charge is -2.28. The molecule has 25 heavy (non-hydrogen) atoms. The molecule has 0 radical (unpaired) electrons. The molecular weight excluding hydrogens is 344 g/mol. The van der Waals surface area contributed by atoms with Crippen molar-refractivity contribution in [3.05, 3.63) is 28.3 Å². The summed E-state index contributed by atoms with van der Waals surface area (Å²) < 4.78 is 6.23. The minimum atomic E-state index is -0.967. The number of hydrogen-bond donors (Lipinski definition) is 2. The fourth-order valence-electron chi connectivity index (χ4n) is 3.54. The lowest BCUT2D eigenvalue weighted by Crippen LogP contribution is -2.38. The standard InChI is InChI=1S/C18H23ClN2O4/c1-11-8-13(19)9-12(17(11)25-14-4-6-20-7-5-14)10-21-15(18(23)24)2-3-16(21)22/h8-9,14-15,20H,2-7,10H2,1H3,(H,23,24).